The monoisotopic (exact) mass is 317 g/mol. The molecule has 0 amide bonds. The molecule has 1 fully saturated rings. The van der Waals surface area contributed by atoms with Gasteiger partial charge in [0.25, 0.3) is 0 Å². The van der Waals surface area contributed by atoms with Crippen LogP contribution < -0.4 is 5.32 Å². The third kappa shape index (κ3) is 4.90. The molecule has 1 atom stereocenters. The Morgan fingerprint density at radius 2 is 2.05 bits per heavy atom. The minimum absolute atomic E-state index is 0.434. The van der Waals surface area contributed by atoms with Gasteiger partial charge in [0.15, 0.2) is 0 Å². The Kier molecular flexibility index (Phi) is 6.59. The second-order valence-corrected chi connectivity index (χ2v) is 6.01. The normalized spacial score (nSPS) is 17.6. The van der Waals surface area contributed by atoms with Crippen LogP contribution in [0.2, 0.25) is 10.0 Å². The molecule has 0 saturated heterocycles. The third-order valence-corrected chi connectivity index (χ3v) is 4.17. The molecule has 112 valence electrons. The molecule has 2 rings (SSSR count). The summed E-state index contributed by atoms with van der Waals surface area (Å²) >= 11 is 12.0. The molecule has 3 nitrogen and oxygen atoms in total. The van der Waals surface area contributed by atoms with Crippen LogP contribution in [0.15, 0.2) is 18.2 Å². The predicted molar refractivity (Wildman–Crippen MR) is 82.5 cm³/mol. The van der Waals surface area contributed by atoms with Gasteiger partial charge < -0.3 is 15.2 Å². The number of aliphatic hydroxyl groups is 1. The summed E-state index contributed by atoms with van der Waals surface area (Å²) in [6.45, 7) is 1.85. The smallest absolute Gasteiger partial charge is 0.0929 e. The summed E-state index contributed by atoms with van der Waals surface area (Å²) in [6, 6.07) is 5.11. The molecule has 0 bridgehead atoms. The molecule has 5 heteroatoms. The highest BCUT2D eigenvalue weighted by Gasteiger charge is 2.15. The van der Waals surface area contributed by atoms with E-state index in [1.807, 2.05) is 0 Å². The highest BCUT2D eigenvalue weighted by Crippen LogP contribution is 2.26. The van der Waals surface area contributed by atoms with Crippen molar-refractivity contribution >= 4 is 23.2 Å². The van der Waals surface area contributed by atoms with Crippen molar-refractivity contribution in [3.05, 3.63) is 33.8 Å². The first-order valence-electron chi connectivity index (χ1n) is 7.12. The van der Waals surface area contributed by atoms with Crippen molar-refractivity contribution in [2.75, 3.05) is 19.7 Å². The number of hydrogen-bond acceptors (Lipinski definition) is 3. The van der Waals surface area contributed by atoms with Crippen molar-refractivity contribution < 1.29 is 9.84 Å². The van der Waals surface area contributed by atoms with Gasteiger partial charge in [0.2, 0.25) is 0 Å². The summed E-state index contributed by atoms with van der Waals surface area (Å²) in [6.07, 6.45) is 4.70. The summed E-state index contributed by atoms with van der Waals surface area (Å²) in [5.41, 5.74) is 0.656. The Labute approximate surface area is 130 Å². The molecule has 0 aromatic heterocycles. The van der Waals surface area contributed by atoms with Gasteiger partial charge >= 0.3 is 0 Å². The Morgan fingerprint density at radius 1 is 1.30 bits per heavy atom. The second-order valence-electron chi connectivity index (χ2n) is 5.16. The van der Waals surface area contributed by atoms with E-state index in [-0.39, 0.29) is 0 Å². The minimum atomic E-state index is -0.660. The Hall–Kier alpha value is -0.320. The van der Waals surface area contributed by atoms with Crippen molar-refractivity contribution in [2.45, 2.75) is 37.9 Å². The first-order chi connectivity index (χ1) is 9.66. The molecular weight excluding hydrogens is 297 g/mol. The Morgan fingerprint density at radius 3 is 2.80 bits per heavy atom. The zero-order valence-corrected chi connectivity index (χ0v) is 13.0. The largest absolute Gasteiger partial charge is 0.387 e. The lowest BCUT2D eigenvalue weighted by atomic mass is 10.1. The van der Waals surface area contributed by atoms with E-state index in [0.29, 0.717) is 34.9 Å². The summed E-state index contributed by atoms with van der Waals surface area (Å²) in [5.74, 6) is 0. The quantitative estimate of drug-likeness (QED) is 0.755. The SMILES string of the molecule is OC(CNCCOC1CCCC1)c1cc(Cl)ccc1Cl. The topological polar surface area (TPSA) is 41.5 Å². The van der Waals surface area contributed by atoms with Crippen LogP contribution in [-0.4, -0.2) is 30.9 Å². The van der Waals surface area contributed by atoms with Crippen LogP contribution in [0.5, 0.6) is 0 Å². The van der Waals surface area contributed by atoms with Gasteiger partial charge in [-0.1, -0.05) is 36.0 Å². The maximum absolute atomic E-state index is 10.1. The molecule has 0 heterocycles. The molecule has 20 heavy (non-hydrogen) atoms. The molecule has 0 spiro atoms. The van der Waals surface area contributed by atoms with Gasteiger partial charge in [-0.2, -0.15) is 0 Å². The van der Waals surface area contributed by atoms with Gasteiger partial charge in [-0.25, -0.2) is 0 Å². The van der Waals surface area contributed by atoms with E-state index >= 15 is 0 Å². The van der Waals surface area contributed by atoms with Crippen LogP contribution in [0, 0.1) is 0 Å². The summed E-state index contributed by atoms with van der Waals surface area (Å²) in [7, 11) is 0. The van der Waals surface area contributed by atoms with Gasteiger partial charge in [-0.15, -0.1) is 0 Å². The number of hydrogen-bond donors (Lipinski definition) is 2. The average molecular weight is 318 g/mol. The molecule has 1 unspecified atom stereocenters. The maximum Gasteiger partial charge on any atom is 0.0929 e. The fraction of sp³-hybridized carbons (Fsp3) is 0.600. The fourth-order valence-corrected chi connectivity index (χ4v) is 2.90. The lowest BCUT2D eigenvalue weighted by Crippen LogP contribution is -2.26. The average Bonchev–Trinajstić information content (AvgIpc) is 2.94. The number of halogens is 2. The van der Waals surface area contributed by atoms with E-state index < -0.39 is 6.10 Å². The third-order valence-electron chi connectivity index (χ3n) is 3.59. The minimum Gasteiger partial charge on any atom is -0.387 e. The van der Waals surface area contributed by atoms with Crippen LogP contribution >= 0.6 is 23.2 Å². The molecule has 0 aliphatic heterocycles. The fourth-order valence-electron chi connectivity index (χ4n) is 2.47. The zero-order chi connectivity index (χ0) is 14.4. The van der Waals surface area contributed by atoms with E-state index in [1.54, 1.807) is 18.2 Å². The lowest BCUT2D eigenvalue weighted by molar-refractivity contribution is 0.0585. The Balaban J connectivity index is 1.66. The first-order valence-corrected chi connectivity index (χ1v) is 7.88. The maximum atomic E-state index is 10.1. The zero-order valence-electron chi connectivity index (χ0n) is 11.4. The number of aliphatic hydroxyl groups excluding tert-OH is 1. The van der Waals surface area contributed by atoms with Crippen molar-refractivity contribution in [1.29, 1.82) is 0 Å². The number of benzene rings is 1. The van der Waals surface area contributed by atoms with Crippen molar-refractivity contribution in [3.8, 4) is 0 Å². The number of nitrogens with one attached hydrogen (secondary N) is 1. The van der Waals surface area contributed by atoms with Crippen molar-refractivity contribution in [1.82, 2.24) is 5.32 Å². The Bertz CT molecular complexity index is 422. The van der Waals surface area contributed by atoms with Crippen molar-refractivity contribution in [3.63, 3.8) is 0 Å². The summed E-state index contributed by atoms with van der Waals surface area (Å²) in [5, 5.41) is 14.4. The van der Waals surface area contributed by atoms with E-state index in [4.69, 9.17) is 27.9 Å². The number of ether oxygens (including phenoxy) is 1. The summed E-state index contributed by atoms with van der Waals surface area (Å²) < 4.78 is 5.74. The first kappa shape index (κ1) is 16.1. The molecule has 0 radical (unpaired) electrons. The van der Waals surface area contributed by atoms with E-state index in [1.165, 1.54) is 25.7 Å². The van der Waals surface area contributed by atoms with Crippen molar-refractivity contribution in [2.24, 2.45) is 0 Å². The highest BCUT2D eigenvalue weighted by atomic mass is 35.5. The van der Waals surface area contributed by atoms with Gasteiger partial charge in [-0.3, -0.25) is 0 Å². The summed E-state index contributed by atoms with van der Waals surface area (Å²) in [4.78, 5) is 0. The molecule has 1 saturated carbocycles. The lowest BCUT2D eigenvalue weighted by Gasteiger charge is -2.15. The highest BCUT2D eigenvalue weighted by molar-refractivity contribution is 6.33. The van der Waals surface area contributed by atoms with Crippen LogP contribution in [0.25, 0.3) is 0 Å². The van der Waals surface area contributed by atoms with E-state index in [9.17, 15) is 5.11 Å². The van der Waals surface area contributed by atoms with Gasteiger partial charge in [0.05, 0.1) is 18.8 Å². The molecule has 1 aromatic rings. The van der Waals surface area contributed by atoms with Crippen LogP contribution in [0.3, 0.4) is 0 Å². The van der Waals surface area contributed by atoms with Crippen LogP contribution in [0.1, 0.15) is 37.4 Å². The molecule has 1 aliphatic rings. The standard InChI is InChI=1S/C15H21Cl2NO2/c16-11-5-6-14(17)13(9-11)15(19)10-18-7-8-20-12-3-1-2-4-12/h5-6,9,12,15,18-19H,1-4,7-8,10H2. The van der Waals surface area contributed by atoms with Crippen LogP contribution in [-0.2, 0) is 4.74 Å². The van der Waals surface area contributed by atoms with E-state index in [2.05, 4.69) is 5.32 Å². The molecular formula is C15H21Cl2NO2. The van der Waals surface area contributed by atoms with Gasteiger partial charge in [0.1, 0.15) is 0 Å². The second kappa shape index (κ2) is 8.20. The number of rotatable bonds is 7. The molecule has 2 N–H and O–H groups in total. The molecule has 1 aliphatic carbocycles. The predicted octanol–water partition coefficient (Wildman–Crippen LogP) is 3.58. The van der Waals surface area contributed by atoms with E-state index in [0.717, 1.165) is 6.54 Å². The van der Waals surface area contributed by atoms with Gasteiger partial charge in [0, 0.05) is 28.7 Å². The molecule has 1 aromatic carbocycles. The van der Waals surface area contributed by atoms with Gasteiger partial charge in [-0.05, 0) is 31.0 Å². The van der Waals surface area contributed by atoms with Crippen LogP contribution in [0.4, 0.5) is 0 Å².